The van der Waals surface area contributed by atoms with Gasteiger partial charge in [-0.1, -0.05) is 24.3 Å². The zero-order valence-corrected chi connectivity index (χ0v) is 20.2. The maximum Gasteiger partial charge on any atom is 0.401 e. The van der Waals surface area contributed by atoms with Crippen LogP contribution in [0.15, 0.2) is 42.5 Å². The van der Waals surface area contributed by atoms with Crippen LogP contribution in [0.4, 0.5) is 17.6 Å². The highest BCUT2D eigenvalue weighted by atomic mass is 31.0. The number of halogens is 4. The van der Waals surface area contributed by atoms with Crippen LogP contribution in [-0.2, 0) is 6.42 Å². The molecule has 184 valence electrons. The summed E-state index contributed by atoms with van der Waals surface area (Å²) in [6.45, 7) is 2.42. The van der Waals surface area contributed by atoms with Crippen LogP contribution >= 0.6 is 9.24 Å². The van der Waals surface area contributed by atoms with E-state index in [-0.39, 0.29) is 18.4 Å². The molecule has 2 N–H and O–H groups in total. The number of nitrogens with zero attached hydrogens (tertiary/aromatic N) is 1. The van der Waals surface area contributed by atoms with E-state index in [1.807, 2.05) is 31.2 Å². The van der Waals surface area contributed by atoms with Gasteiger partial charge in [-0.05, 0) is 61.8 Å². The molecule has 4 rings (SSSR count). The molecule has 0 fully saturated rings. The molecule has 3 aromatic rings. The lowest BCUT2D eigenvalue weighted by Crippen LogP contribution is -2.47. The molecule has 1 aromatic heterocycles. The summed E-state index contributed by atoms with van der Waals surface area (Å²) >= 11 is 0. The van der Waals surface area contributed by atoms with Gasteiger partial charge in [-0.2, -0.15) is 13.2 Å². The first kappa shape index (κ1) is 25.0. The number of aromatic amines is 1. The first-order valence-corrected chi connectivity index (χ1v) is 12.3. The van der Waals surface area contributed by atoms with Crippen molar-refractivity contribution in [2.75, 3.05) is 32.4 Å². The number of hydrogen-bond donors (Lipinski definition) is 2. The molecular formula is C25H30F4N3OP. The average Bonchev–Trinajstić information content (AvgIpc) is 3.15. The largest absolute Gasteiger partial charge is 0.489 e. The van der Waals surface area contributed by atoms with Crippen LogP contribution in [0.3, 0.4) is 0 Å². The molecule has 0 spiro atoms. The predicted molar refractivity (Wildman–Crippen MR) is 130 cm³/mol. The zero-order chi connectivity index (χ0) is 24.3. The predicted octanol–water partition coefficient (Wildman–Crippen LogP) is 5.44. The number of fused-ring (bicyclic) bond motifs is 3. The lowest BCUT2D eigenvalue weighted by molar-refractivity contribution is -0.155. The maximum absolute atomic E-state index is 14.5. The van der Waals surface area contributed by atoms with Gasteiger partial charge in [0.05, 0.1) is 12.6 Å². The Labute approximate surface area is 199 Å². The lowest BCUT2D eigenvalue weighted by atomic mass is 9.88. The number of aromatic nitrogens is 1. The smallest absolute Gasteiger partial charge is 0.401 e. The Balaban J connectivity index is 1.68. The van der Waals surface area contributed by atoms with Crippen LogP contribution in [0.1, 0.15) is 36.2 Å². The summed E-state index contributed by atoms with van der Waals surface area (Å²) in [6.07, 6.45) is -1.86. The molecule has 0 amide bonds. The Bertz CT molecular complexity index is 1120. The Morgan fingerprint density at radius 3 is 2.74 bits per heavy atom. The molecule has 0 saturated heterocycles. The van der Waals surface area contributed by atoms with Crippen molar-refractivity contribution in [1.29, 1.82) is 0 Å². The number of rotatable bonds is 9. The lowest BCUT2D eigenvalue weighted by Gasteiger charge is -2.41. The standard InChI is InChI=1S/C25H30F4N3OP/c1-16-13-19-18-5-2-3-6-21(18)31-23(19)24(32(16)15-25(27,28)29)17-7-8-20(26)22(14-17)33-11-10-30-9-4-12-34/h2-3,5-8,14,16,24,30-31H,4,9-13,15,34H2,1H3/t16-,24?/m1/s1. The summed E-state index contributed by atoms with van der Waals surface area (Å²) in [6, 6.07) is 11.1. The Morgan fingerprint density at radius 2 is 1.97 bits per heavy atom. The van der Waals surface area contributed by atoms with Crippen LogP contribution in [0.25, 0.3) is 10.9 Å². The van der Waals surface area contributed by atoms with Gasteiger partial charge in [-0.3, -0.25) is 4.90 Å². The Kier molecular flexibility index (Phi) is 7.80. The van der Waals surface area contributed by atoms with Gasteiger partial charge in [-0.25, -0.2) is 4.39 Å². The van der Waals surface area contributed by atoms with Crippen molar-refractivity contribution < 1.29 is 22.3 Å². The molecule has 2 unspecified atom stereocenters. The zero-order valence-electron chi connectivity index (χ0n) is 19.1. The van der Waals surface area contributed by atoms with Gasteiger partial charge in [0.2, 0.25) is 0 Å². The number of ether oxygens (including phenoxy) is 1. The van der Waals surface area contributed by atoms with E-state index in [9.17, 15) is 17.6 Å². The monoisotopic (exact) mass is 495 g/mol. The summed E-state index contributed by atoms with van der Waals surface area (Å²) in [7, 11) is 2.66. The third kappa shape index (κ3) is 5.56. The minimum absolute atomic E-state index is 0.0493. The second kappa shape index (κ2) is 10.6. The summed E-state index contributed by atoms with van der Waals surface area (Å²) in [5.74, 6) is -0.481. The summed E-state index contributed by atoms with van der Waals surface area (Å²) in [5, 5.41) is 4.23. The molecule has 0 bridgehead atoms. The number of para-hydroxylation sites is 1. The van der Waals surface area contributed by atoms with Crippen LogP contribution in [0.5, 0.6) is 5.75 Å². The Morgan fingerprint density at radius 1 is 1.18 bits per heavy atom. The van der Waals surface area contributed by atoms with E-state index in [1.54, 1.807) is 12.1 Å². The van der Waals surface area contributed by atoms with Crippen LogP contribution in [0, 0.1) is 5.82 Å². The molecule has 1 aliphatic heterocycles. The van der Waals surface area contributed by atoms with E-state index in [1.165, 1.54) is 11.0 Å². The second-order valence-electron chi connectivity index (χ2n) is 8.74. The fourth-order valence-electron chi connectivity index (χ4n) is 4.71. The third-order valence-electron chi connectivity index (χ3n) is 6.24. The Hall–Kier alpha value is -2.15. The number of hydrogen-bond acceptors (Lipinski definition) is 3. The van der Waals surface area contributed by atoms with Crippen LogP contribution in [0.2, 0.25) is 0 Å². The molecule has 1 aliphatic rings. The van der Waals surface area contributed by atoms with Crippen molar-refractivity contribution in [3.8, 4) is 5.75 Å². The van der Waals surface area contributed by atoms with Crippen molar-refractivity contribution in [1.82, 2.24) is 15.2 Å². The molecular weight excluding hydrogens is 465 g/mol. The van der Waals surface area contributed by atoms with E-state index in [0.29, 0.717) is 18.5 Å². The SMILES string of the molecule is C[C@@H]1Cc2c([nH]c3ccccc23)C(c2ccc(F)c(OCCNCCCP)c2)N1CC(F)(F)F. The molecule has 0 saturated carbocycles. The van der Waals surface area contributed by atoms with Crippen LogP contribution in [-0.4, -0.2) is 54.5 Å². The molecule has 0 aliphatic carbocycles. The average molecular weight is 496 g/mol. The minimum Gasteiger partial charge on any atom is -0.489 e. The van der Waals surface area contributed by atoms with Gasteiger partial charge in [0.1, 0.15) is 6.61 Å². The van der Waals surface area contributed by atoms with E-state index < -0.39 is 24.6 Å². The topological polar surface area (TPSA) is 40.3 Å². The number of nitrogens with one attached hydrogen (secondary N) is 2. The molecule has 3 atom stereocenters. The quantitative estimate of drug-likeness (QED) is 0.236. The number of benzene rings is 2. The molecule has 2 heterocycles. The van der Waals surface area contributed by atoms with E-state index in [2.05, 4.69) is 19.5 Å². The van der Waals surface area contributed by atoms with Gasteiger partial charge in [-0.15, -0.1) is 9.24 Å². The van der Waals surface area contributed by atoms with Crippen molar-refractivity contribution in [2.24, 2.45) is 0 Å². The summed E-state index contributed by atoms with van der Waals surface area (Å²) < 4.78 is 60.9. The highest BCUT2D eigenvalue weighted by molar-refractivity contribution is 7.16. The molecule has 2 aromatic carbocycles. The second-order valence-corrected chi connectivity index (χ2v) is 9.31. The van der Waals surface area contributed by atoms with Gasteiger partial charge in [0, 0.05) is 29.2 Å². The van der Waals surface area contributed by atoms with E-state index >= 15 is 0 Å². The van der Waals surface area contributed by atoms with Gasteiger partial charge in [0.25, 0.3) is 0 Å². The molecule has 4 nitrogen and oxygen atoms in total. The van der Waals surface area contributed by atoms with Crippen molar-refractivity contribution in [3.05, 3.63) is 65.1 Å². The van der Waals surface area contributed by atoms with Crippen molar-refractivity contribution >= 4 is 20.1 Å². The molecule has 34 heavy (non-hydrogen) atoms. The highest BCUT2D eigenvalue weighted by Crippen LogP contribution is 2.42. The fourth-order valence-corrected chi connectivity index (χ4v) is 4.91. The number of H-pyrrole nitrogens is 1. The maximum atomic E-state index is 14.5. The summed E-state index contributed by atoms with van der Waals surface area (Å²) in [4.78, 5) is 4.80. The molecule has 9 heteroatoms. The van der Waals surface area contributed by atoms with Gasteiger partial charge < -0.3 is 15.0 Å². The van der Waals surface area contributed by atoms with Crippen molar-refractivity contribution in [3.63, 3.8) is 0 Å². The number of alkyl halides is 3. The summed E-state index contributed by atoms with van der Waals surface area (Å²) in [5.41, 5.74) is 3.18. The van der Waals surface area contributed by atoms with E-state index in [4.69, 9.17) is 4.74 Å². The van der Waals surface area contributed by atoms with Crippen molar-refractivity contribution in [2.45, 2.75) is 38.0 Å². The third-order valence-corrected chi connectivity index (χ3v) is 6.65. The molecule has 0 radical (unpaired) electrons. The first-order chi connectivity index (χ1) is 16.3. The fraction of sp³-hybridized carbons (Fsp3) is 0.440. The van der Waals surface area contributed by atoms with Crippen LogP contribution < -0.4 is 10.1 Å². The first-order valence-electron chi connectivity index (χ1n) is 11.5. The van der Waals surface area contributed by atoms with E-state index in [0.717, 1.165) is 41.3 Å². The van der Waals surface area contributed by atoms with Gasteiger partial charge >= 0.3 is 6.18 Å². The minimum atomic E-state index is -4.36. The normalized spacial score (nSPS) is 18.9. The van der Waals surface area contributed by atoms with Gasteiger partial charge in [0.15, 0.2) is 11.6 Å². The highest BCUT2D eigenvalue weighted by Gasteiger charge is 2.42.